The minimum atomic E-state index is -3.71. The van der Waals surface area contributed by atoms with Gasteiger partial charge in [-0.3, -0.25) is 0 Å². The van der Waals surface area contributed by atoms with Gasteiger partial charge in [-0.1, -0.05) is 13.3 Å². The van der Waals surface area contributed by atoms with Gasteiger partial charge in [0.2, 0.25) is 10.0 Å². The van der Waals surface area contributed by atoms with Crippen LogP contribution in [0.4, 0.5) is 11.4 Å². The molecule has 0 heterocycles. The highest BCUT2D eigenvalue weighted by Crippen LogP contribution is 2.21. The highest BCUT2D eigenvalue weighted by molar-refractivity contribution is 7.89. The van der Waals surface area contributed by atoms with Crippen LogP contribution in [0.1, 0.15) is 26.2 Å². The van der Waals surface area contributed by atoms with E-state index in [-0.39, 0.29) is 4.90 Å². The number of anilines is 2. The number of hydrogen-bond donors (Lipinski definition) is 3. The van der Waals surface area contributed by atoms with E-state index in [1.165, 1.54) is 12.1 Å². The van der Waals surface area contributed by atoms with Crippen molar-refractivity contribution >= 4 is 21.4 Å². The summed E-state index contributed by atoms with van der Waals surface area (Å²) in [5, 5.41) is 8.18. The lowest BCUT2D eigenvalue weighted by atomic mass is 10.2. The lowest BCUT2D eigenvalue weighted by Gasteiger charge is -2.10. The number of sulfonamides is 1. The number of nitrogen functional groups attached to an aromatic ring is 1. The van der Waals surface area contributed by atoms with Gasteiger partial charge in [0, 0.05) is 19.8 Å². The molecule has 1 aromatic carbocycles. The standard InChI is InChI=1S/C13H23N3O3S/c1-2-3-8-19-9-4-7-16-13-6-5-11(10-12(13)14)20(15,17)18/h5-6,10,16H,2-4,7-9,14H2,1H3,(H2,15,17,18). The van der Waals surface area contributed by atoms with E-state index in [1.54, 1.807) is 6.07 Å². The summed E-state index contributed by atoms with van der Waals surface area (Å²) in [7, 11) is -3.71. The van der Waals surface area contributed by atoms with Crippen molar-refractivity contribution in [3.8, 4) is 0 Å². The minimum absolute atomic E-state index is 0.0171. The van der Waals surface area contributed by atoms with Crippen LogP contribution in [0.5, 0.6) is 0 Å². The second kappa shape index (κ2) is 8.08. The Balaban J connectivity index is 2.38. The fraction of sp³-hybridized carbons (Fsp3) is 0.538. The Bertz CT molecular complexity index is 518. The zero-order chi connectivity index (χ0) is 15.0. The predicted octanol–water partition coefficient (Wildman–Crippen LogP) is 1.53. The molecule has 6 nitrogen and oxygen atoms in total. The van der Waals surface area contributed by atoms with Crippen molar-refractivity contribution in [2.45, 2.75) is 31.1 Å². The molecule has 0 radical (unpaired) electrons. The Labute approximate surface area is 120 Å². The Hall–Kier alpha value is -1.31. The van der Waals surface area contributed by atoms with Gasteiger partial charge in [-0.05, 0) is 31.0 Å². The van der Waals surface area contributed by atoms with Crippen LogP contribution >= 0.6 is 0 Å². The first-order valence-corrected chi connectivity index (χ1v) is 8.23. The van der Waals surface area contributed by atoms with Crippen LogP contribution in [-0.2, 0) is 14.8 Å². The van der Waals surface area contributed by atoms with Gasteiger partial charge in [-0.2, -0.15) is 0 Å². The second-order valence-corrected chi connectivity index (χ2v) is 6.10. The van der Waals surface area contributed by atoms with Crippen molar-refractivity contribution in [2.24, 2.45) is 5.14 Å². The monoisotopic (exact) mass is 301 g/mol. The van der Waals surface area contributed by atoms with Crippen LogP contribution < -0.4 is 16.2 Å². The van der Waals surface area contributed by atoms with Crippen molar-refractivity contribution in [3.63, 3.8) is 0 Å². The summed E-state index contributed by atoms with van der Waals surface area (Å²) >= 11 is 0. The highest BCUT2D eigenvalue weighted by Gasteiger charge is 2.09. The SMILES string of the molecule is CCCCOCCCNc1ccc(S(N)(=O)=O)cc1N. The third-order valence-corrected chi connectivity index (χ3v) is 3.69. The van der Waals surface area contributed by atoms with Gasteiger partial charge >= 0.3 is 0 Å². The summed E-state index contributed by atoms with van der Waals surface area (Å²) in [4.78, 5) is 0.0171. The molecule has 0 aliphatic heterocycles. The number of ether oxygens (including phenoxy) is 1. The number of nitrogens with two attached hydrogens (primary N) is 2. The van der Waals surface area contributed by atoms with E-state index in [1.807, 2.05) is 0 Å². The smallest absolute Gasteiger partial charge is 0.238 e. The number of primary sulfonamides is 1. The number of benzene rings is 1. The molecule has 0 aliphatic rings. The molecule has 0 fully saturated rings. The van der Waals surface area contributed by atoms with Crippen molar-refractivity contribution in [1.29, 1.82) is 0 Å². The minimum Gasteiger partial charge on any atom is -0.397 e. The topological polar surface area (TPSA) is 107 Å². The van der Waals surface area contributed by atoms with Crippen molar-refractivity contribution in [1.82, 2.24) is 0 Å². The quantitative estimate of drug-likeness (QED) is 0.473. The van der Waals surface area contributed by atoms with Gasteiger partial charge in [0.15, 0.2) is 0 Å². The van der Waals surface area contributed by atoms with E-state index in [0.717, 1.165) is 25.9 Å². The van der Waals surface area contributed by atoms with Crippen LogP contribution in [0.15, 0.2) is 23.1 Å². The largest absolute Gasteiger partial charge is 0.397 e. The Morgan fingerprint density at radius 3 is 2.55 bits per heavy atom. The normalized spacial score (nSPS) is 11.5. The molecular weight excluding hydrogens is 278 g/mol. The number of unbranched alkanes of at least 4 members (excludes halogenated alkanes) is 1. The molecule has 20 heavy (non-hydrogen) atoms. The van der Waals surface area contributed by atoms with Crippen molar-refractivity contribution in [3.05, 3.63) is 18.2 Å². The van der Waals surface area contributed by atoms with Gasteiger partial charge in [-0.15, -0.1) is 0 Å². The summed E-state index contributed by atoms with van der Waals surface area (Å²) in [5.41, 5.74) is 6.85. The molecule has 1 rings (SSSR count). The number of nitrogens with one attached hydrogen (secondary N) is 1. The molecule has 114 valence electrons. The second-order valence-electron chi connectivity index (χ2n) is 4.54. The lowest BCUT2D eigenvalue weighted by molar-refractivity contribution is 0.131. The zero-order valence-electron chi connectivity index (χ0n) is 11.8. The van der Waals surface area contributed by atoms with Crippen LogP contribution in [0, 0.1) is 0 Å². The highest BCUT2D eigenvalue weighted by atomic mass is 32.2. The van der Waals surface area contributed by atoms with Gasteiger partial charge in [-0.25, -0.2) is 13.6 Å². The first kappa shape index (κ1) is 16.7. The Kier molecular flexibility index (Phi) is 6.77. The summed E-state index contributed by atoms with van der Waals surface area (Å²) in [6, 6.07) is 4.41. The molecule has 7 heteroatoms. The average molecular weight is 301 g/mol. The molecule has 0 atom stereocenters. The molecule has 0 amide bonds. The molecule has 0 unspecified atom stereocenters. The van der Waals surface area contributed by atoms with E-state index in [9.17, 15) is 8.42 Å². The summed E-state index contributed by atoms with van der Waals surface area (Å²) in [6.45, 7) is 4.33. The molecule has 1 aromatic rings. The van der Waals surface area contributed by atoms with Crippen molar-refractivity contribution < 1.29 is 13.2 Å². The summed E-state index contributed by atoms with van der Waals surface area (Å²) in [5.74, 6) is 0. The first-order valence-electron chi connectivity index (χ1n) is 6.69. The van der Waals surface area contributed by atoms with Crippen molar-refractivity contribution in [2.75, 3.05) is 30.8 Å². The molecule has 0 saturated heterocycles. The first-order chi connectivity index (χ1) is 9.45. The van der Waals surface area contributed by atoms with Crippen LogP contribution in [0.3, 0.4) is 0 Å². The van der Waals surface area contributed by atoms with E-state index in [2.05, 4.69) is 12.2 Å². The molecule has 5 N–H and O–H groups in total. The summed E-state index contributed by atoms with van der Waals surface area (Å²) in [6.07, 6.45) is 3.07. The van der Waals surface area contributed by atoms with E-state index >= 15 is 0 Å². The molecule has 0 spiro atoms. The fourth-order valence-electron chi connectivity index (χ4n) is 1.62. The molecule has 0 aromatic heterocycles. The zero-order valence-corrected chi connectivity index (χ0v) is 12.6. The van der Waals surface area contributed by atoms with Gasteiger partial charge in [0.05, 0.1) is 16.3 Å². The Morgan fingerprint density at radius 2 is 1.95 bits per heavy atom. The van der Waals surface area contributed by atoms with Crippen LogP contribution in [0.25, 0.3) is 0 Å². The molecular formula is C13H23N3O3S. The third-order valence-electron chi connectivity index (χ3n) is 2.77. The van der Waals surface area contributed by atoms with Gasteiger partial charge in [0.1, 0.15) is 0 Å². The number of hydrogen-bond acceptors (Lipinski definition) is 5. The molecule has 0 saturated carbocycles. The van der Waals surface area contributed by atoms with E-state index in [4.69, 9.17) is 15.6 Å². The van der Waals surface area contributed by atoms with Crippen LogP contribution in [0.2, 0.25) is 0 Å². The number of rotatable bonds is 9. The van der Waals surface area contributed by atoms with Crippen LogP contribution in [-0.4, -0.2) is 28.2 Å². The maximum Gasteiger partial charge on any atom is 0.238 e. The van der Waals surface area contributed by atoms with Gasteiger partial charge < -0.3 is 15.8 Å². The molecule has 0 bridgehead atoms. The summed E-state index contributed by atoms with van der Waals surface area (Å²) < 4.78 is 27.8. The lowest BCUT2D eigenvalue weighted by Crippen LogP contribution is -2.13. The maximum absolute atomic E-state index is 11.2. The predicted molar refractivity (Wildman–Crippen MR) is 81.1 cm³/mol. The van der Waals surface area contributed by atoms with E-state index < -0.39 is 10.0 Å². The maximum atomic E-state index is 11.2. The fourth-order valence-corrected chi connectivity index (χ4v) is 2.17. The Morgan fingerprint density at radius 1 is 1.25 bits per heavy atom. The van der Waals surface area contributed by atoms with Gasteiger partial charge in [0.25, 0.3) is 0 Å². The average Bonchev–Trinajstić information content (AvgIpc) is 2.38. The third kappa shape index (κ3) is 5.77. The van der Waals surface area contributed by atoms with E-state index in [0.29, 0.717) is 24.5 Å². The molecule has 0 aliphatic carbocycles.